The Labute approximate surface area is 125 Å². The monoisotopic (exact) mass is 286 g/mol. The number of nitrogens with zero attached hydrogens (tertiary/aromatic N) is 1. The van der Waals surface area contributed by atoms with Crippen LogP contribution in [0.5, 0.6) is 0 Å². The van der Waals surface area contributed by atoms with Crippen LogP contribution in [0.3, 0.4) is 0 Å². The van der Waals surface area contributed by atoms with Gasteiger partial charge in [0.15, 0.2) is 0 Å². The predicted molar refractivity (Wildman–Crippen MR) is 85.5 cm³/mol. The molecule has 3 rings (SSSR count). The van der Waals surface area contributed by atoms with Gasteiger partial charge in [-0.3, -0.25) is 0 Å². The summed E-state index contributed by atoms with van der Waals surface area (Å²) in [4.78, 5) is 2.45. The first-order chi connectivity index (χ1) is 9.84. The van der Waals surface area contributed by atoms with Crippen LogP contribution in [-0.4, -0.2) is 19.6 Å². The zero-order valence-electron chi connectivity index (χ0n) is 11.5. The lowest BCUT2D eigenvalue weighted by Gasteiger charge is -2.19. The molecule has 1 heterocycles. The van der Waals surface area contributed by atoms with Gasteiger partial charge in [-0.05, 0) is 29.7 Å². The van der Waals surface area contributed by atoms with E-state index in [2.05, 4.69) is 40.5 Å². The van der Waals surface area contributed by atoms with Crippen molar-refractivity contribution in [3.8, 4) is 0 Å². The van der Waals surface area contributed by atoms with Gasteiger partial charge in [-0.25, -0.2) is 0 Å². The van der Waals surface area contributed by atoms with Crippen molar-refractivity contribution < 1.29 is 0 Å². The van der Waals surface area contributed by atoms with E-state index in [1.165, 1.54) is 17.7 Å². The van der Waals surface area contributed by atoms with Crippen LogP contribution in [0.15, 0.2) is 48.5 Å². The van der Waals surface area contributed by atoms with E-state index in [0.29, 0.717) is 0 Å². The molecule has 0 unspecified atom stereocenters. The fraction of sp³-hybridized carbons (Fsp3) is 0.294. The van der Waals surface area contributed by atoms with Gasteiger partial charge in [-0.2, -0.15) is 0 Å². The number of anilines is 1. The Morgan fingerprint density at radius 1 is 1.05 bits per heavy atom. The van der Waals surface area contributed by atoms with Crippen LogP contribution in [0.4, 0.5) is 5.69 Å². The summed E-state index contributed by atoms with van der Waals surface area (Å²) in [6, 6.07) is 16.7. The fourth-order valence-electron chi connectivity index (χ4n) is 2.72. The van der Waals surface area contributed by atoms with Crippen molar-refractivity contribution in [3.63, 3.8) is 0 Å². The molecule has 0 fully saturated rings. The normalized spacial score (nSPS) is 13.6. The second-order valence-electron chi connectivity index (χ2n) is 5.13. The summed E-state index contributed by atoms with van der Waals surface area (Å²) in [6.45, 7) is 3.98. The van der Waals surface area contributed by atoms with Gasteiger partial charge in [-0.15, -0.1) is 0 Å². The standard InChI is InChI=1S/C17H19ClN2/c18-16-7-3-1-6-15(16)13-19-10-12-20-11-9-14-5-2-4-8-17(14)20/h1-8,19H,9-13H2. The van der Waals surface area contributed by atoms with Crippen LogP contribution >= 0.6 is 11.6 Å². The van der Waals surface area contributed by atoms with Gasteiger partial charge in [0.25, 0.3) is 0 Å². The number of hydrogen-bond acceptors (Lipinski definition) is 2. The quantitative estimate of drug-likeness (QED) is 0.847. The summed E-state index contributed by atoms with van der Waals surface area (Å²) in [5.74, 6) is 0. The Hall–Kier alpha value is -1.51. The number of halogens is 1. The van der Waals surface area contributed by atoms with E-state index in [0.717, 1.165) is 36.8 Å². The Bertz CT molecular complexity index is 583. The highest BCUT2D eigenvalue weighted by molar-refractivity contribution is 6.31. The van der Waals surface area contributed by atoms with E-state index >= 15 is 0 Å². The minimum atomic E-state index is 0.829. The van der Waals surface area contributed by atoms with Crippen molar-refractivity contribution >= 4 is 17.3 Å². The molecule has 0 radical (unpaired) electrons. The summed E-state index contributed by atoms with van der Waals surface area (Å²) in [5.41, 5.74) is 4.03. The molecule has 1 aliphatic rings. The third-order valence-corrected chi connectivity index (χ3v) is 4.18. The predicted octanol–water partition coefficient (Wildman–Crippen LogP) is 3.49. The molecule has 0 amide bonds. The Kier molecular flexibility index (Phi) is 4.24. The summed E-state index contributed by atoms with van der Waals surface area (Å²) in [5, 5.41) is 4.31. The van der Waals surface area contributed by atoms with E-state index in [4.69, 9.17) is 11.6 Å². The van der Waals surface area contributed by atoms with E-state index < -0.39 is 0 Å². The molecule has 104 valence electrons. The average molecular weight is 287 g/mol. The van der Waals surface area contributed by atoms with Crippen molar-refractivity contribution in [1.82, 2.24) is 5.32 Å². The second kappa shape index (κ2) is 6.29. The molecular weight excluding hydrogens is 268 g/mol. The van der Waals surface area contributed by atoms with Gasteiger partial charge in [0, 0.05) is 36.9 Å². The summed E-state index contributed by atoms with van der Waals surface area (Å²) in [7, 11) is 0. The molecule has 0 atom stereocenters. The Balaban J connectivity index is 1.49. The van der Waals surface area contributed by atoms with E-state index in [9.17, 15) is 0 Å². The van der Waals surface area contributed by atoms with Crippen molar-refractivity contribution in [3.05, 3.63) is 64.7 Å². The Morgan fingerprint density at radius 2 is 1.85 bits per heavy atom. The zero-order chi connectivity index (χ0) is 13.8. The highest BCUT2D eigenvalue weighted by Gasteiger charge is 2.17. The smallest absolute Gasteiger partial charge is 0.0450 e. The number of nitrogens with one attached hydrogen (secondary N) is 1. The highest BCUT2D eigenvalue weighted by atomic mass is 35.5. The maximum atomic E-state index is 6.15. The van der Waals surface area contributed by atoms with Crippen LogP contribution in [0, 0.1) is 0 Å². The summed E-state index contributed by atoms with van der Waals surface area (Å²) >= 11 is 6.15. The van der Waals surface area contributed by atoms with Gasteiger partial charge in [-0.1, -0.05) is 48.0 Å². The minimum absolute atomic E-state index is 0.829. The third kappa shape index (κ3) is 2.97. The first kappa shape index (κ1) is 13.5. The molecule has 1 N–H and O–H groups in total. The molecular formula is C17H19ClN2. The second-order valence-corrected chi connectivity index (χ2v) is 5.54. The molecule has 2 nitrogen and oxygen atoms in total. The lowest BCUT2D eigenvalue weighted by molar-refractivity contribution is 0.668. The molecule has 3 heteroatoms. The van der Waals surface area contributed by atoms with Crippen LogP contribution in [0.1, 0.15) is 11.1 Å². The van der Waals surface area contributed by atoms with Crippen LogP contribution in [-0.2, 0) is 13.0 Å². The van der Waals surface area contributed by atoms with Crippen molar-refractivity contribution in [1.29, 1.82) is 0 Å². The van der Waals surface area contributed by atoms with Gasteiger partial charge >= 0.3 is 0 Å². The number of para-hydroxylation sites is 1. The molecule has 2 aromatic carbocycles. The van der Waals surface area contributed by atoms with Crippen LogP contribution in [0.25, 0.3) is 0 Å². The van der Waals surface area contributed by atoms with Gasteiger partial charge in [0.1, 0.15) is 0 Å². The SMILES string of the molecule is Clc1ccccc1CNCCN1CCc2ccccc21. The first-order valence-electron chi connectivity index (χ1n) is 7.11. The van der Waals surface area contributed by atoms with Crippen LogP contribution in [0.2, 0.25) is 5.02 Å². The number of rotatable bonds is 5. The van der Waals surface area contributed by atoms with Crippen molar-refractivity contribution in [2.45, 2.75) is 13.0 Å². The lowest BCUT2D eigenvalue weighted by atomic mass is 10.2. The van der Waals surface area contributed by atoms with Gasteiger partial charge in [0.2, 0.25) is 0 Å². The number of fused-ring (bicyclic) bond motifs is 1. The number of hydrogen-bond donors (Lipinski definition) is 1. The van der Waals surface area contributed by atoms with Gasteiger partial charge < -0.3 is 10.2 Å². The van der Waals surface area contributed by atoms with Gasteiger partial charge in [0.05, 0.1) is 0 Å². The van der Waals surface area contributed by atoms with E-state index in [1.807, 2.05) is 18.2 Å². The highest BCUT2D eigenvalue weighted by Crippen LogP contribution is 2.26. The number of benzene rings is 2. The molecule has 0 aliphatic carbocycles. The molecule has 1 aliphatic heterocycles. The zero-order valence-corrected chi connectivity index (χ0v) is 12.2. The van der Waals surface area contributed by atoms with Crippen LogP contribution < -0.4 is 10.2 Å². The molecule has 0 saturated carbocycles. The van der Waals surface area contributed by atoms with E-state index in [-0.39, 0.29) is 0 Å². The molecule has 0 bridgehead atoms. The van der Waals surface area contributed by atoms with Crippen molar-refractivity contribution in [2.75, 3.05) is 24.5 Å². The molecule has 0 aromatic heterocycles. The fourth-order valence-corrected chi connectivity index (χ4v) is 2.92. The maximum absolute atomic E-state index is 6.15. The molecule has 0 saturated heterocycles. The first-order valence-corrected chi connectivity index (χ1v) is 7.49. The summed E-state index contributed by atoms with van der Waals surface area (Å²) in [6.07, 6.45) is 1.17. The molecule has 2 aromatic rings. The molecule has 0 spiro atoms. The van der Waals surface area contributed by atoms with Crippen molar-refractivity contribution in [2.24, 2.45) is 0 Å². The Morgan fingerprint density at radius 3 is 2.75 bits per heavy atom. The average Bonchev–Trinajstić information content (AvgIpc) is 2.89. The minimum Gasteiger partial charge on any atom is -0.370 e. The van der Waals surface area contributed by atoms with E-state index in [1.54, 1.807) is 0 Å². The summed E-state index contributed by atoms with van der Waals surface area (Å²) < 4.78 is 0. The molecule has 20 heavy (non-hydrogen) atoms. The largest absolute Gasteiger partial charge is 0.370 e. The maximum Gasteiger partial charge on any atom is 0.0450 e. The lowest BCUT2D eigenvalue weighted by Crippen LogP contribution is -2.30. The topological polar surface area (TPSA) is 15.3 Å². The third-order valence-electron chi connectivity index (χ3n) is 3.82.